The summed E-state index contributed by atoms with van der Waals surface area (Å²) in [6.45, 7) is 5.24. The molecule has 0 radical (unpaired) electrons. The summed E-state index contributed by atoms with van der Waals surface area (Å²) in [5, 5.41) is 0. The van der Waals surface area contributed by atoms with E-state index >= 15 is 0 Å². The van der Waals surface area contributed by atoms with Gasteiger partial charge in [0.2, 0.25) is 5.91 Å². The van der Waals surface area contributed by atoms with Crippen molar-refractivity contribution in [3.8, 4) is 0 Å². The Bertz CT molecular complexity index is 699. The third-order valence-corrected chi connectivity index (χ3v) is 4.14. The molecular weight excluding hydrogens is 266 g/mol. The van der Waals surface area contributed by atoms with E-state index in [9.17, 15) is 9.59 Å². The van der Waals surface area contributed by atoms with Gasteiger partial charge in [-0.2, -0.15) is 0 Å². The molecule has 0 saturated carbocycles. The largest absolute Gasteiger partial charge is 0.292 e. The van der Waals surface area contributed by atoms with Crippen molar-refractivity contribution in [2.75, 3.05) is 13.1 Å². The Balaban J connectivity index is 2.07. The van der Waals surface area contributed by atoms with Crippen molar-refractivity contribution >= 4 is 22.7 Å². The summed E-state index contributed by atoms with van der Waals surface area (Å²) in [7, 11) is 0. The highest BCUT2D eigenvalue weighted by molar-refractivity contribution is 6.02. The zero-order valence-corrected chi connectivity index (χ0v) is 12.4. The molecule has 110 valence electrons. The molecule has 1 fully saturated rings. The van der Waals surface area contributed by atoms with Crippen LogP contribution in [-0.4, -0.2) is 45.3 Å². The van der Waals surface area contributed by atoms with Crippen molar-refractivity contribution < 1.29 is 9.59 Å². The van der Waals surface area contributed by atoms with E-state index in [1.165, 1.54) is 11.5 Å². The number of rotatable bonds is 3. The average Bonchev–Trinajstić information content (AvgIpc) is 3.12. The maximum atomic E-state index is 12.9. The van der Waals surface area contributed by atoms with Crippen LogP contribution in [0.2, 0.25) is 0 Å². The minimum absolute atomic E-state index is 0.0733. The molecule has 1 aromatic heterocycles. The van der Waals surface area contributed by atoms with Crippen LogP contribution < -0.4 is 0 Å². The summed E-state index contributed by atoms with van der Waals surface area (Å²) in [6, 6.07) is 7.15. The highest BCUT2D eigenvalue weighted by atomic mass is 16.2. The Kier molecular flexibility index (Phi) is 3.59. The lowest BCUT2D eigenvalue weighted by Crippen LogP contribution is -2.40. The predicted molar refractivity (Wildman–Crippen MR) is 80.6 cm³/mol. The standard InChI is InChI=1S/C16H19N3O2/c1-11(18-9-5-6-10-18)16(21)19-14-8-4-3-7-13(14)17-15(19)12(2)20/h3-4,7-8,11H,5-6,9-10H2,1-2H3. The number of likely N-dealkylation sites (tertiary alicyclic amines) is 1. The van der Waals surface area contributed by atoms with E-state index in [-0.39, 0.29) is 23.6 Å². The van der Waals surface area contributed by atoms with Gasteiger partial charge in [-0.15, -0.1) is 0 Å². The summed E-state index contributed by atoms with van der Waals surface area (Å²) in [6.07, 6.45) is 2.25. The Morgan fingerprint density at radius 2 is 1.86 bits per heavy atom. The van der Waals surface area contributed by atoms with Gasteiger partial charge >= 0.3 is 0 Å². The van der Waals surface area contributed by atoms with Crippen molar-refractivity contribution in [1.82, 2.24) is 14.5 Å². The second kappa shape index (κ2) is 5.41. The Labute approximate surface area is 123 Å². The van der Waals surface area contributed by atoms with Crippen molar-refractivity contribution in [3.05, 3.63) is 30.1 Å². The lowest BCUT2D eigenvalue weighted by atomic mass is 10.2. The van der Waals surface area contributed by atoms with Crippen LogP contribution >= 0.6 is 0 Å². The first-order valence-corrected chi connectivity index (χ1v) is 7.36. The number of para-hydroxylation sites is 2. The summed E-state index contributed by atoms with van der Waals surface area (Å²) in [4.78, 5) is 31.2. The van der Waals surface area contributed by atoms with Crippen LogP contribution in [0, 0.1) is 0 Å². The minimum atomic E-state index is -0.233. The molecule has 1 aromatic carbocycles. The van der Waals surface area contributed by atoms with Gasteiger partial charge in [0.05, 0.1) is 17.1 Å². The van der Waals surface area contributed by atoms with Gasteiger partial charge in [-0.25, -0.2) is 4.98 Å². The fraction of sp³-hybridized carbons (Fsp3) is 0.438. The molecule has 3 rings (SSSR count). The SMILES string of the molecule is CC(=O)c1nc2ccccc2n1C(=O)C(C)N1CCCC1. The number of aromatic nitrogens is 2. The van der Waals surface area contributed by atoms with Crippen molar-refractivity contribution in [2.45, 2.75) is 32.7 Å². The number of fused-ring (bicyclic) bond motifs is 1. The molecule has 21 heavy (non-hydrogen) atoms. The number of carbonyl (C=O) groups excluding carboxylic acids is 2. The van der Waals surface area contributed by atoms with E-state index in [4.69, 9.17) is 0 Å². The first-order chi connectivity index (χ1) is 10.1. The van der Waals surface area contributed by atoms with E-state index in [2.05, 4.69) is 9.88 Å². The van der Waals surface area contributed by atoms with Crippen molar-refractivity contribution in [3.63, 3.8) is 0 Å². The number of Topliss-reactive ketones (excluding diaryl/α,β-unsaturated/α-hetero) is 1. The van der Waals surface area contributed by atoms with Crippen LogP contribution in [0.5, 0.6) is 0 Å². The summed E-state index contributed by atoms with van der Waals surface area (Å²) < 4.78 is 1.49. The third-order valence-electron chi connectivity index (χ3n) is 4.14. The van der Waals surface area contributed by atoms with Crippen LogP contribution in [0.3, 0.4) is 0 Å². The molecule has 0 spiro atoms. The molecule has 2 aromatic rings. The second-order valence-electron chi connectivity index (χ2n) is 5.57. The third kappa shape index (κ3) is 2.38. The van der Waals surface area contributed by atoms with Gasteiger partial charge in [0.25, 0.3) is 0 Å². The van der Waals surface area contributed by atoms with Gasteiger partial charge in [0.15, 0.2) is 11.6 Å². The van der Waals surface area contributed by atoms with Gasteiger partial charge in [0, 0.05) is 6.92 Å². The number of benzene rings is 1. The Morgan fingerprint density at radius 1 is 1.19 bits per heavy atom. The van der Waals surface area contributed by atoms with Gasteiger partial charge < -0.3 is 0 Å². The number of imidazole rings is 1. The normalized spacial score (nSPS) is 17.2. The average molecular weight is 285 g/mol. The first kappa shape index (κ1) is 13.9. The Morgan fingerprint density at radius 3 is 2.52 bits per heavy atom. The molecule has 0 N–H and O–H groups in total. The minimum Gasteiger partial charge on any atom is -0.292 e. The topological polar surface area (TPSA) is 55.2 Å². The molecule has 2 heterocycles. The highest BCUT2D eigenvalue weighted by Gasteiger charge is 2.28. The van der Waals surface area contributed by atoms with Crippen LogP contribution in [0.1, 0.15) is 42.1 Å². The second-order valence-corrected chi connectivity index (χ2v) is 5.57. The maximum absolute atomic E-state index is 12.9. The molecule has 1 aliphatic heterocycles. The zero-order valence-electron chi connectivity index (χ0n) is 12.4. The van der Waals surface area contributed by atoms with E-state index < -0.39 is 0 Å². The maximum Gasteiger partial charge on any atom is 0.249 e. The van der Waals surface area contributed by atoms with Crippen LogP contribution in [-0.2, 0) is 0 Å². The van der Waals surface area contributed by atoms with Crippen LogP contribution in [0.25, 0.3) is 11.0 Å². The molecule has 0 amide bonds. The molecule has 1 atom stereocenters. The number of hydrogen-bond acceptors (Lipinski definition) is 4. The monoisotopic (exact) mass is 285 g/mol. The predicted octanol–water partition coefficient (Wildman–Crippen LogP) is 2.36. The van der Waals surface area contributed by atoms with Gasteiger partial charge in [-0.1, -0.05) is 12.1 Å². The molecule has 1 unspecified atom stereocenters. The van der Waals surface area contributed by atoms with Crippen molar-refractivity contribution in [1.29, 1.82) is 0 Å². The van der Waals surface area contributed by atoms with E-state index in [1.807, 2.05) is 31.2 Å². The van der Waals surface area contributed by atoms with Crippen molar-refractivity contribution in [2.24, 2.45) is 0 Å². The molecule has 5 nitrogen and oxygen atoms in total. The fourth-order valence-electron chi connectivity index (χ4n) is 2.96. The molecule has 1 saturated heterocycles. The zero-order chi connectivity index (χ0) is 15.0. The lowest BCUT2D eigenvalue weighted by molar-refractivity contribution is 0.0771. The van der Waals surface area contributed by atoms with E-state index in [1.54, 1.807) is 0 Å². The molecule has 0 bridgehead atoms. The van der Waals surface area contributed by atoms with Gasteiger partial charge in [-0.3, -0.25) is 19.1 Å². The van der Waals surface area contributed by atoms with Gasteiger partial charge in [-0.05, 0) is 45.0 Å². The van der Waals surface area contributed by atoms with E-state index in [0.29, 0.717) is 11.0 Å². The molecule has 0 aliphatic carbocycles. The van der Waals surface area contributed by atoms with Crippen LogP contribution in [0.4, 0.5) is 0 Å². The summed E-state index contributed by atoms with van der Waals surface area (Å²) in [5.74, 6) is -0.0313. The van der Waals surface area contributed by atoms with Crippen LogP contribution in [0.15, 0.2) is 24.3 Å². The Hall–Kier alpha value is -2.01. The fourth-order valence-corrected chi connectivity index (χ4v) is 2.96. The number of ketones is 1. The van der Waals surface area contributed by atoms with Gasteiger partial charge in [0.1, 0.15) is 0 Å². The smallest absolute Gasteiger partial charge is 0.249 e. The van der Waals surface area contributed by atoms with E-state index in [0.717, 1.165) is 25.9 Å². The molecule has 5 heteroatoms. The number of hydrogen-bond donors (Lipinski definition) is 0. The number of carbonyl (C=O) groups is 2. The summed E-state index contributed by atoms with van der Waals surface area (Å²) in [5.41, 5.74) is 1.39. The molecular formula is C16H19N3O2. The first-order valence-electron chi connectivity index (χ1n) is 7.36. The lowest BCUT2D eigenvalue weighted by Gasteiger charge is -2.23. The highest BCUT2D eigenvalue weighted by Crippen LogP contribution is 2.20. The quantitative estimate of drug-likeness (QED) is 0.812. The summed E-state index contributed by atoms with van der Waals surface area (Å²) >= 11 is 0. The molecule has 1 aliphatic rings. The number of nitrogens with zero attached hydrogens (tertiary/aromatic N) is 3.